The first-order valence-electron chi connectivity index (χ1n) is 7.29. The fourth-order valence-electron chi connectivity index (χ4n) is 2.20. The Morgan fingerprint density at radius 1 is 1.14 bits per heavy atom. The van der Waals surface area contributed by atoms with Crippen molar-refractivity contribution in [3.63, 3.8) is 0 Å². The largest absolute Gasteiger partial charge is 0.307 e. The van der Waals surface area contributed by atoms with Crippen molar-refractivity contribution in [2.24, 2.45) is 0 Å². The highest BCUT2D eigenvalue weighted by atomic mass is 32.2. The smallest absolute Gasteiger partial charge is 0.256 e. The zero-order valence-corrected chi connectivity index (χ0v) is 14.0. The number of aromatic nitrogens is 1. The minimum atomic E-state index is -0.119. The van der Waals surface area contributed by atoms with E-state index in [2.05, 4.69) is 22.4 Å². The third-order valence-electron chi connectivity index (χ3n) is 3.43. The number of amides is 1. The second-order valence-corrected chi connectivity index (χ2v) is 7.95. The van der Waals surface area contributed by atoms with E-state index < -0.39 is 0 Å². The van der Waals surface area contributed by atoms with E-state index in [9.17, 15) is 4.79 Å². The van der Waals surface area contributed by atoms with Crippen molar-refractivity contribution in [3.8, 4) is 0 Å². The first kappa shape index (κ1) is 15.4. The minimum absolute atomic E-state index is 0.119. The summed E-state index contributed by atoms with van der Waals surface area (Å²) < 4.78 is 0.504. The maximum atomic E-state index is 12.2. The maximum Gasteiger partial charge on any atom is 0.256 e. The Bertz CT molecular complexity index is 635. The van der Waals surface area contributed by atoms with E-state index in [0.29, 0.717) is 16.0 Å². The molecular weight excluding hydrogens is 312 g/mol. The van der Waals surface area contributed by atoms with Gasteiger partial charge in [0.1, 0.15) is 5.82 Å². The van der Waals surface area contributed by atoms with Crippen LogP contribution >= 0.6 is 23.5 Å². The molecule has 1 aromatic carbocycles. The summed E-state index contributed by atoms with van der Waals surface area (Å²) in [5.74, 6) is 2.91. The highest BCUT2D eigenvalue weighted by Crippen LogP contribution is 2.43. The van der Waals surface area contributed by atoms with Crippen LogP contribution in [0.1, 0.15) is 32.5 Å². The number of nitrogens with zero attached hydrogens (tertiary/aromatic N) is 1. The third-order valence-corrected chi connectivity index (χ3v) is 6.44. The molecule has 0 saturated carbocycles. The number of benzene rings is 1. The van der Waals surface area contributed by atoms with Crippen molar-refractivity contribution in [1.29, 1.82) is 0 Å². The van der Waals surface area contributed by atoms with Crippen LogP contribution in [0.2, 0.25) is 0 Å². The molecule has 0 radical (unpaired) electrons. The van der Waals surface area contributed by atoms with Crippen molar-refractivity contribution < 1.29 is 4.79 Å². The predicted octanol–water partition coefficient (Wildman–Crippen LogP) is 4.51. The lowest BCUT2D eigenvalue weighted by Gasteiger charge is -2.21. The highest BCUT2D eigenvalue weighted by Gasteiger charge is 2.17. The molecule has 0 unspecified atom stereocenters. The minimum Gasteiger partial charge on any atom is -0.307 e. The van der Waals surface area contributed by atoms with Gasteiger partial charge in [-0.2, -0.15) is 0 Å². The molecule has 1 aliphatic rings. The molecule has 2 aromatic rings. The van der Waals surface area contributed by atoms with Gasteiger partial charge in [0.05, 0.1) is 4.58 Å². The van der Waals surface area contributed by atoms with Crippen molar-refractivity contribution in [2.75, 3.05) is 16.8 Å². The van der Waals surface area contributed by atoms with Gasteiger partial charge in [-0.05, 0) is 54.2 Å². The molecule has 3 rings (SSSR count). The van der Waals surface area contributed by atoms with Crippen LogP contribution in [0.4, 0.5) is 5.82 Å². The molecule has 2 heterocycles. The second-order valence-electron chi connectivity index (χ2n) is 5.22. The summed E-state index contributed by atoms with van der Waals surface area (Å²) >= 11 is 3.97. The molecule has 1 amide bonds. The number of hydrogen-bond acceptors (Lipinski definition) is 4. The number of carbonyl (C=O) groups excluding carboxylic acids is 1. The van der Waals surface area contributed by atoms with Gasteiger partial charge in [-0.1, -0.05) is 18.2 Å². The van der Waals surface area contributed by atoms with E-state index >= 15 is 0 Å². The molecule has 1 N–H and O–H groups in total. The molecule has 0 atom stereocenters. The Morgan fingerprint density at radius 3 is 2.50 bits per heavy atom. The Balaban J connectivity index is 1.66. The predicted molar refractivity (Wildman–Crippen MR) is 95.6 cm³/mol. The summed E-state index contributed by atoms with van der Waals surface area (Å²) in [6.07, 6.45) is 3.03. The van der Waals surface area contributed by atoms with Crippen LogP contribution in [0, 0.1) is 6.92 Å². The number of pyridine rings is 1. The Morgan fingerprint density at radius 2 is 1.86 bits per heavy atom. The summed E-state index contributed by atoms with van der Waals surface area (Å²) in [5, 5.41) is 2.82. The number of hydrogen-bond donors (Lipinski definition) is 1. The first-order valence-corrected chi connectivity index (χ1v) is 9.39. The van der Waals surface area contributed by atoms with E-state index in [1.807, 2.05) is 54.7 Å². The summed E-state index contributed by atoms with van der Waals surface area (Å²) in [5.41, 5.74) is 3.03. The number of aryl methyl sites for hydroxylation is 1. The molecule has 5 heteroatoms. The van der Waals surface area contributed by atoms with Gasteiger partial charge >= 0.3 is 0 Å². The molecule has 1 saturated heterocycles. The molecule has 22 heavy (non-hydrogen) atoms. The molecule has 114 valence electrons. The summed E-state index contributed by atoms with van der Waals surface area (Å²) in [7, 11) is 0. The number of thioether (sulfide) groups is 2. The van der Waals surface area contributed by atoms with Crippen molar-refractivity contribution >= 4 is 35.2 Å². The Labute approximate surface area is 139 Å². The fourth-order valence-corrected chi connectivity index (χ4v) is 5.10. The summed E-state index contributed by atoms with van der Waals surface area (Å²) in [6, 6.07) is 11.7. The lowest BCUT2D eigenvalue weighted by molar-refractivity contribution is 0.102. The average molecular weight is 330 g/mol. The normalized spacial score (nSPS) is 15.5. The fraction of sp³-hybridized carbons (Fsp3) is 0.294. The van der Waals surface area contributed by atoms with Crippen molar-refractivity contribution in [3.05, 3.63) is 59.3 Å². The number of rotatable bonds is 3. The lowest BCUT2D eigenvalue weighted by atomic mass is 10.1. The molecule has 0 aliphatic carbocycles. The highest BCUT2D eigenvalue weighted by molar-refractivity contribution is 8.16. The summed E-state index contributed by atoms with van der Waals surface area (Å²) in [4.78, 5) is 16.4. The first-order chi connectivity index (χ1) is 10.7. The third kappa shape index (κ3) is 3.84. The Hall–Kier alpha value is -1.46. The standard InChI is InChI=1S/C17H18N2OS2/c1-12-3-8-15(18-11-12)19-16(20)13-4-6-14(7-5-13)17-21-9-2-10-22-17/h3-8,11,17H,2,9-10H2,1H3,(H,18,19,20). The van der Waals surface area contributed by atoms with Crippen molar-refractivity contribution in [2.45, 2.75) is 17.9 Å². The zero-order valence-electron chi connectivity index (χ0n) is 12.4. The van der Waals surface area contributed by atoms with Gasteiger partial charge in [0.25, 0.3) is 5.91 Å². The van der Waals surface area contributed by atoms with Crippen LogP contribution in [0.3, 0.4) is 0 Å². The van der Waals surface area contributed by atoms with Crippen LogP contribution in [-0.2, 0) is 0 Å². The molecule has 0 bridgehead atoms. The number of nitrogens with one attached hydrogen (secondary N) is 1. The number of carbonyl (C=O) groups is 1. The molecular formula is C17H18N2OS2. The van der Waals surface area contributed by atoms with Crippen LogP contribution in [-0.4, -0.2) is 22.4 Å². The van der Waals surface area contributed by atoms with E-state index in [1.165, 1.54) is 23.5 Å². The van der Waals surface area contributed by atoms with Crippen LogP contribution in [0.5, 0.6) is 0 Å². The Kier molecular flexibility index (Phi) is 5.05. The van der Waals surface area contributed by atoms with Crippen LogP contribution < -0.4 is 5.32 Å². The summed E-state index contributed by atoms with van der Waals surface area (Å²) in [6.45, 7) is 1.97. The SMILES string of the molecule is Cc1ccc(NC(=O)c2ccc(C3SCCCS3)cc2)nc1. The lowest BCUT2D eigenvalue weighted by Crippen LogP contribution is -2.13. The van der Waals surface area contributed by atoms with Gasteiger partial charge in [-0.25, -0.2) is 4.98 Å². The van der Waals surface area contributed by atoms with Gasteiger partial charge < -0.3 is 5.32 Å². The van der Waals surface area contributed by atoms with Gasteiger partial charge in [-0.15, -0.1) is 23.5 Å². The van der Waals surface area contributed by atoms with E-state index in [0.717, 1.165) is 5.56 Å². The average Bonchev–Trinajstić information content (AvgIpc) is 2.58. The molecule has 1 aliphatic heterocycles. The van der Waals surface area contributed by atoms with Crippen LogP contribution in [0.25, 0.3) is 0 Å². The van der Waals surface area contributed by atoms with Crippen molar-refractivity contribution in [1.82, 2.24) is 4.98 Å². The van der Waals surface area contributed by atoms with E-state index in [1.54, 1.807) is 6.20 Å². The van der Waals surface area contributed by atoms with E-state index in [4.69, 9.17) is 0 Å². The number of anilines is 1. The van der Waals surface area contributed by atoms with E-state index in [-0.39, 0.29) is 5.91 Å². The topological polar surface area (TPSA) is 42.0 Å². The molecule has 1 aromatic heterocycles. The van der Waals surface area contributed by atoms with Gasteiger partial charge in [0.2, 0.25) is 0 Å². The monoisotopic (exact) mass is 330 g/mol. The molecule has 0 spiro atoms. The van der Waals surface area contributed by atoms with Crippen LogP contribution in [0.15, 0.2) is 42.6 Å². The maximum absolute atomic E-state index is 12.2. The zero-order chi connectivity index (χ0) is 15.4. The second kappa shape index (κ2) is 7.20. The van der Waals surface area contributed by atoms with Gasteiger partial charge in [-0.3, -0.25) is 4.79 Å². The quantitative estimate of drug-likeness (QED) is 0.899. The van der Waals surface area contributed by atoms with Gasteiger partial charge in [0, 0.05) is 11.8 Å². The molecule has 1 fully saturated rings. The van der Waals surface area contributed by atoms with Gasteiger partial charge in [0.15, 0.2) is 0 Å². The molecule has 3 nitrogen and oxygen atoms in total.